The van der Waals surface area contributed by atoms with E-state index in [0.29, 0.717) is 63.6 Å². The van der Waals surface area contributed by atoms with Crippen molar-refractivity contribution in [3.8, 4) is 0 Å². The van der Waals surface area contributed by atoms with Gasteiger partial charge in [-0.1, -0.05) is 24.3 Å². The number of hydrogen-bond acceptors (Lipinski definition) is 7. The summed E-state index contributed by atoms with van der Waals surface area (Å²) < 4.78 is 11.4. The van der Waals surface area contributed by atoms with Crippen LogP contribution in [0.25, 0.3) is 17.0 Å². The number of nitrogens with one attached hydrogen (secondary N) is 3. The summed E-state index contributed by atoms with van der Waals surface area (Å²) in [6, 6.07) is 10.8. The van der Waals surface area contributed by atoms with Crippen molar-refractivity contribution in [2.45, 2.75) is 37.6 Å². The summed E-state index contributed by atoms with van der Waals surface area (Å²) in [5, 5.41) is 14.1. The molecule has 0 saturated carbocycles. The van der Waals surface area contributed by atoms with Crippen LogP contribution in [0.2, 0.25) is 0 Å². The van der Waals surface area contributed by atoms with Gasteiger partial charge in [0, 0.05) is 42.7 Å². The van der Waals surface area contributed by atoms with Crippen molar-refractivity contribution in [2.75, 3.05) is 45.3 Å². The second kappa shape index (κ2) is 12.1. The molecule has 236 valence electrons. The van der Waals surface area contributed by atoms with E-state index in [0.717, 1.165) is 44.3 Å². The Morgan fingerprint density at radius 1 is 1.00 bits per heavy atom. The van der Waals surface area contributed by atoms with E-state index in [1.807, 2.05) is 49.4 Å². The minimum absolute atomic E-state index is 0.0882. The van der Waals surface area contributed by atoms with Crippen LogP contribution >= 0.6 is 0 Å². The van der Waals surface area contributed by atoms with Crippen LogP contribution in [-0.4, -0.2) is 83.9 Å². The Labute approximate surface area is 266 Å². The predicted molar refractivity (Wildman–Crippen MR) is 172 cm³/mol. The Bertz CT molecular complexity index is 1880. The molecule has 2 aromatic heterocycles. The number of aromatic nitrogens is 3. The summed E-state index contributed by atoms with van der Waals surface area (Å²) in [7, 11) is 1.72. The lowest BCUT2D eigenvalue weighted by atomic mass is 9.79. The Morgan fingerprint density at radius 3 is 2.74 bits per heavy atom. The molecule has 2 aliphatic heterocycles. The lowest BCUT2D eigenvalue weighted by Gasteiger charge is -2.25. The highest BCUT2D eigenvalue weighted by Crippen LogP contribution is 2.47. The summed E-state index contributed by atoms with van der Waals surface area (Å²) in [4.78, 5) is 47.1. The summed E-state index contributed by atoms with van der Waals surface area (Å²) >= 11 is 0. The number of aryl methyl sites for hydroxylation is 1. The minimum atomic E-state index is -0.814. The van der Waals surface area contributed by atoms with Gasteiger partial charge in [-0.3, -0.25) is 19.5 Å². The van der Waals surface area contributed by atoms with Crippen molar-refractivity contribution in [3.63, 3.8) is 0 Å². The molecule has 0 unspecified atom stereocenters. The zero-order valence-electron chi connectivity index (χ0n) is 25.9. The number of pyridine rings is 1. The van der Waals surface area contributed by atoms with E-state index in [-0.39, 0.29) is 17.7 Å². The van der Waals surface area contributed by atoms with Crippen LogP contribution in [0.4, 0.5) is 5.82 Å². The molecule has 4 aromatic rings. The van der Waals surface area contributed by atoms with E-state index in [4.69, 9.17) is 9.47 Å². The third-order valence-corrected chi connectivity index (χ3v) is 9.24. The molecular weight excluding hydrogens is 584 g/mol. The van der Waals surface area contributed by atoms with Gasteiger partial charge < -0.3 is 25.0 Å². The van der Waals surface area contributed by atoms with Gasteiger partial charge in [0.05, 0.1) is 43.6 Å². The maximum absolute atomic E-state index is 13.8. The first kappa shape index (κ1) is 29.8. The van der Waals surface area contributed by atoms with Gasteiger partial charge in [0.1, 0.15) is 11.9 Å². The highest BCUT2D eigenvalue weighted by Gasteiger charge is 2.51. The highest BCUT2D eigenvalue weighted by atomic mass is 16.5. The Kier molecular flexibility index (Phi) is 7.87. The lowest BCUT2D eigenvalue weighted by Crippen LogP contribution is -2.49. The molecule has 11 nitrogen and oxygen atoms in total. The number of carbonyl (C=O) groups excluding carboxylic acids is 3. The second-order valence-electron chi connectivity index (χ2n) is 12.4. The first-order valence-corrected chi connectivity index (χ1v) is 15.5. The van der Waals surface area contributed by atoms with Gasteiger partial charge in [0.2, 0.25) is 11.8 Å². The lowest BCUT2D eigenvalue weighted by molar-refractivity contribution is -0.132. The molecule has 2 aromatic carbocycles. The predicted octanol–water partition coefficient (Wildman–Crippen LogP) is 3.11. The number of carbonyl (C=O) groups is 3. The average molecular weight is 621 g/mol. The number of fused-ring (bicyclic) bond motifs is 3. The first-order chi connectivity index (χ1) is 22.3. The molecule has 3 aliphatic rings. The van der Waals surface area contributed by atoms with Crippen LogP contribution in [0, 0.1) is 6.92 Å². The monoisotopic (exact) mass is 620 g/mol. The van der Waals surface area contributed by atoms with Crippen molar-refractivity contribution in [1.82, 2.24) is 25.4 Å². The molecule has 0 fully saturated rings. The SMILES string of the molecule is Cc1cc(C[C@H]2NC(=O)c3ccc4c(c3)C[C@@]3(C4)C(=O)Nc4ncc(cc43)/C=C/COCCOCCN(C)C2=O)cc2cn[nH]c12. The van der Waals surface area contributed by atoms with Crippen molar-refractivity contribution in [2.24, 2.45) is 0 Å². The Balaban J connectivity index is 1.20. The van der Waals surface area contributed by atoms with Crippen molar-refractivity contribution in [3.05, 3.63) is 93.8 Å². The molecule has 0 saturated heterocycles. The van der Waals surface area contributed by atoms with E-state index in [9.17, 15) is 14.4 Å². The normalized spacial score (nSPS) is 22.8. The molecule has 3 N–H and O–H groups in total. The molecule has 5 bridgehead atoms. The number of H-pyrrole nitrogens is 1. The maximum Gasteiger partial charge on any atom is 0.251 e. The molecular formula is C35H36N6O5. The van der Waals surface area contributed by atoms with Crippen LogP contribution in [0.1, 0.15) is 43.7 Å². The van der Waals surface area contributed by atoms with Gasteiger partial charge in [0.25, 0.3) is 5.91 Å². The summed E-state index contributed by atoms with van der Waals surface area (Å²) in [5.74, 6) is -0.0783. The fourth-order valence-corrected chi connectivity index (χ4v) is 6.79. The molecule has 2 atom stereocenters. The summed E-state index contributed by atoms with van der Waals surface area (Å²) in [6.45, 7) is 3.87. The highest BCUT2D eigenvalue weighted by molar-refractivity contribution is 6.06. The average Bonchev–Trinajstić information content (AvgIpc) is 3.75. The van der Waals surface area contributed by atoms with Gasteiger partial charge >= 0.3 is 0 Å². The van der Waals surface area contributed by atoms with Crippen LogP contribution in [-0.2, 0) is 43.7 Å². The topological polar surface area (TPSA) is 139 Å². The quantitative estimate of drug-likeness (QED) is 0.313. The maximum atomic E-state index is 13.8. The zero-order valence-corrected chi connectivity index (χ0v) is 25.9. The number of ether oxygens (including phenoxy) is 2. The van der Waals surface area contributed by atoms with E-state index >= 15 is 0 Å². The Morgan fingerprint density at radius 2 is 1.85 bits per heavy atom. The molecule has 3 amide bonds. The molecule has 46 heavy (non-hydrogen) atoms. The fourth-order valence-electron chi connectivity index (χ4n) is 6.79. The number of aromatic amines is 1. The largest absolute Gasteiger partial charge is 0.377 e. The number of amides is 3. The van der Waals surface area contributed by atoms with Gasteiger partial charge in [-0.25, -0.2) is 4.98 Å². The summed E-state index contributed by atoms with van der Waals surface area (Å²) in [6.07, 6.45) is 8.62. The van der Waals surface area contributed by atoms with E-state index < -0.39 is 11.5 Å². The summed E-state index contributed by atoms with van der Waals surface area (Å²) in [5.41, 5.74) is 6.21. The second-order valence-corrected chi connectivity index (χ2v) is 12.4. The van der Waals surface area contributed by atoms with E-state index in [2.05, 4.69) is 25.8 Å². The van der Waals surface area contributed by atoms with E-state index in [1.54, 1.807) is 30.4 Å². The molecule has 1 aliphatic carbocycles. The number of benzene rings is 2. The van der Waals surface area contributed by atoms with Crippen LogP contribution in [0.15, 0.2) is 54.9 Å². The number of nitrogens with zero attached hydrogens (tertiary/aromatic N) is 3. The standard InChI is InChI=1S/C35H36N6O5/c1-21-12-23(13-27-20-37-40-30(21)27)15-29-33(43)41(2)7-9-46-11-10-45-8-3-4-22-14-28-31(36-19-22)39-34(44)35(28)17-25-6-5-24(32(42)38-29)16-26(25)18-35/h3-6,12-14,16,19-20,29H,7-11,15,17-18H2,1-2H3,(H,37,40)(H,38,42)(H,36,39,44)/b4-3+/t29-,35-/m1/s1. The first-order valence-electron chi connectivity index (χ1n) is 15.5. The van der Waals surface area contributed by atoms with Gasteiger partial charge in [-0.15, -0.1) is 0 Å². The molecule has 7 rings (SSSR count). The van der Waals surface area contributed by atoms with Crippen LogP contribution in [0.3, 0.4) is 0 Å². The van der Waals surface area contributed by atoms with Crippen molar-refractivity contribution < 1.29 is 23.9 Å². The zero-order chi connectivity index (χ0) is 31.8. The third-order valence-electron chi connectivity index (χ3n) is 9.24. The van der Waals surface area contributed by atoms with Crippen molar-refractivity contribution >= 4 is 40.5 Å². The van der Waals surface area contributed by atoms with Crippen LogP contribution < -0.4 is 10.6 Å². The molecule has 4 heterocycles. The van der Waals surface area contributed by atoms with Crippen molar-refractivity contribution in [1.29, 1.82) is 0 Å². The molecule has 1 spiro atoms. The molecule has 11 heteroatoms. The fraction of sp³-hybridized carbons (Fsp3) is 0.343. The van der Waals surface area contributed by atoms with E-state index in [1.165, 1.54) is 0 Å². The third kappa shape index (κ3) is 5.56. The van der Waals surface area contributed by atoms with Gasteiger partial charge in [0.15, 0.2) is 0 Å². The minimum Gasteiger partial charge on any atom is -0.377 e. The number of anilines is 1. The van der Waals surface area contributed by atoms with Gasteiger partial charge in [-0.05, 0) is 71.8 Å². The number of hydrogen-bond donors (Lipinski definition) is 3. The van der Waals surface area contributed by atoms with Gasteiger partial charge in [-0.2, -0.15) is 5.10 Å². The van der Waals surface area contributed by atoms with Crippen LogP contribution in [0.5, 0.6) is 0 Å². The Hall–Kier alpha value is -4.87. The number of likely N-dealkylation sites (N-methyl/N-ethyl adjacent to an activating group) is 1. The molecule has 0 radical (unpaired) electrons. The number of rotatable bonds is 2. The smallest absolute Gasteiger partial charge is 0.251 e.